The van der Waals surface area contributed by atoms with Gasteiger partial charge < -0.3 is 10.2 Å². The summed E-state index contributed by atoms with van der Waals surface area (Å²) in [6.07, 6.45) is 5.72. The number of hydrogen-bond donors (Lipinski definition) is 1. The number of carbonyl (C=O) groups excluding carboxylic acids is 1. The summed E-state index contributed by atoms with van der Waals surface area (Å²) in [5.74, 6) is 0. The minimum absolute atomic E-state index is 0.433. The Labute approximate surface area is 99.0 Å². The second-order valence-corrected chi connectivity index (χ2v) is 4.58. The fourth-order valence-corrected chi connectivity index (χ4v) is 2.32. The second-order valence-electron chi connectivity index (χ2n) is 4.58. The fourth-order valence-electron chi connectivity index (χ4n) is 2.32. The Morgan fingerprint density at radius 1 is 1.50 bits per heavy atom. The summed E-state index contributed by atoms with van der Waals surface area (Å²) in [5.41, 5.74) is 0. The standard InChI is InChI=1S/C12H25N3O/c1-3-4-5-7-15(11-16)12-6-8-14(9-12)10-13-2/h11-13H,3-10H2,1-2H3/t12-/m1/s1. The zero-order valence-corrected chi connectivity index (χ0v) is 10.6. The van der Waals surface area contributed by atoms with Crippen LogP contribution in [0.15, 0.2) is 0 Å². The fraction of sp³-hybridized carbons (Fsp3) is 0.917. The maximum Gasteiger partial charge on any atom is 0.209 e. The molecule has 0 aromatic heterocycles. The SMILES string of the molecule is CCCCCN(C=O)[C@@H]1CCN(CNC)C1. The van der Waals surface area contributed by atoms with E-state index < -0.39 is 0 Å². The second kappa shape index (κ2) is 7.63. The molecule has 1 saturated heterocycles. The molecule has 1 heterocycles. The molecule has 94 valence electrons. The highest BCUT2D eigenvalue weighted by molar-refractivity contribution is 5.47. The van der Waals surface area contributed by atoms with Gasteiger partial charge in [0.2, 0.25) is 6.41 Å². The monoisotopic (exact) mass is 227 g/mol. The van der Waals surface area contributed by atoms with Crippen LogP contribution in [0.25, 0.3) is 0 Å². The van der Waals surface area contributed by atoms with Gasteiger partial charge in [-0.25, -0.2) is 0 Å². The number of carbonyl (C=O) groups is 1. The zero-order valence-electron chi connectivity index (χ0n) is 10.6. The number of rotatable bonds is 8. The highest BCUT2D eigenvalue weighted by atomic mass is 16.1. The van der Waals surface area contributed by atoms with E-state index >= 15 is 0 Å². The van der Waals surface area contributed by atoms with Crippen LogP contribution in [0.5, 0.6) is 0 Å². The molecule has 4 heteroatoms. The first kappa shape index (κ1) is 13.5. The first-order valence-corrected chi connectivity index (χ1v) is 6.39. The Morgan fingerprint density at radius 2 is 2.31 bits per heavy atom. The van der Waals surface area contributed by atoms with Crippen LogP contribution in [0.4, 0.5) is 0 Å². The van der Waals surface area contributed by atoms with Gasteiger partial charge in [0.25, 0.3) is 0 Å². The minimum Gasteiger partial charge on any atom is -0.341 e. The van der Waals surface area contributed by atoms with Crippen molar-refractivity contribution in [1.82, 2.24) is 15.1 Å². The van der Waals surface area contributed by atoms with E-state index in [1.165, 1.54) is 12.8 Å². The zero-order chi connectivity index (χ0) is 11.8. The van der Waals surface area contributed by atoms with Gasteiger partial charge in [-0.2, -0.15) is 0 Å². The van der Waals surface area contributed by atoms with Gasteiger partial charge in [-0.3, -0.25) is 9.69 Å². The summed E-state index contributed by atoms with van der Waals surface area (Å²) in [6, 6.07) is 0.433. The molecule has 0 aliphatic carbocycles. The van der Waals surface area contributed by atoms with Crippen molar-refractivity contribution in [1.29, 1.82) is 0 Å². The van der Waals surface area contributed by atoms with Gasteiger partial charge in [0.05, 0.1) is 0 Å². The molecule has 16 heavy (non-hydrogen) atoms. The lowest BCUT2D eigenvalue weighted by Crippen LogP contribution is -2.38. The molecule has 1 atom stereocenters. The third kappa shape index (κ3) is 4.10. The van der Waals surface area contributed by atoms with E-state index in [9.17, 15) is 4.79 Å². The Balaban J connectivity index is 2.28. The molecule has 1 fully saturated rings. The molecule has 1 amide bonds. The number of likely N-dealkylation sites (tertiary alicyclic amines) is 1. The molecule has 0 aromatic carbocycles. The lowest BCUT2D eigenvalue weighted by atomic mass is 10.2. The lowest BCUT2D eigenvalue weighted by molar-refractivity contribution is -0.120. The number of unbranched alkanes of at least 4 members (excludes halogenated alkanes) is 2. The molecule has 1 N–H and O–H groups in total. The molecular formula is C12H25N3O. The van der Waals surface area contributed by atoms with E-state index in [1.54, 1.807) is 0 Å². The van der Waals surface area contributed by atoms with Gasteiger partial charge in [-0.15, -0.1) is 0 Å². The largest absolute Gasteiger partial charge is 0.341 e. The predicted octanol–water partition coefficient (Wildman–Crippen LogP) is 0.886. The van der Waals surface area contributed by atoms with Crippen LogP contribution in [0.1, 0.15) is 32.6 Å². The summed E-state index contributed by atoms with van der Waals surface area (Å²) in [6.45, 7) is 6.17. The van der Waals surface area contributed by atoms with E-state index in [1.807, 2.05) is 11.9 Å². The first-order valence-electron chi connectivity index (χ1n) is 6.39. The van der Waals surface area contributed by atoms with Crippen LogP contribution in [0, 0.1) is 0 Å². The lowest BCUT2D eigenvalue weighted by Gasteiger charge is -2.25. The minimum atomic E-state index is 0.433. The van der Waals surface area contributed by atoms with Crippen LogP contribution < -0.4 is 5.32 Å². The molecule has 1 aliphatic rings. The summed E-state index contributed by atoms with van der Waals surface area (Å²) in [4.78, 5) is 15.4. The van der Waals surface area contributed by atoms with Crippen LogP contribution in [0.2, 0.25) is 0 Å². The van der Waals surface area contributed by atoms with Gasteiger partial charge in [-0.05, 0) is 19.9 Å². The quantitative estimate of drug-likeness (QED) is 0.494. The van der Waals surface area contributed by atoms with Crippen molar-refractivity contribution in [3.8, 4) is 0 Å². The molecule has 0 spiro atoms. The van der Waals surface area contributed by atoms with Crippen molar-refractivity contribution in [2.45, 2.75) is 38.6 Å². The number of hydrogen-bond acceptors (Lipinski definition) is 3. The highest BCUT2D eigenvalue weighted by Crippen LogP contribution is 2.14. The highest BCUT2D eigenvalue weighted by Gasteiger charge is 2.25. The third-order valence-corrected chi connectivity index (χ3v) is 3.25. The summed E-state index contributed by atoms with van der Waals surface area (Å²) < 4.78 is 0. The van der Waals surface area contributed by atoms with Crippen molar-refractivity contribution >= 4 is 6.41 Å². The van der Waals surface area contributed by atoms with E-state index in [4.69, 9.17) is 0 Å². The van der Waals surface area contributed by atoms with E-state index in [-0.39, 0.29) is 0 Å². The van der Waals surface area contributed by atoms with Crippen LogP contribution >= 0.6 is 0 Å². The van der Waals surface area contributed by atoms with Crippen molar-refractivity contribution in [2.24, 2.45) is 0 Å². The number of amides is 1. The van der Waals surface area contributed by atoms with Crippen molar-refractivity contribution in [3.63, 3.8) is 0 Å². The summed E-state index contributed by atoms with van der Waals surface area (Å²) in [7, 11) is 1.96. The average molecular weight is 227 g/mol. The maximum atomic E-state index is 11.0. The average Bonchev–Trinajstić information content (AvgIpc) is 2.74. The Kier molecular flexibility index (Phi) is 6.42. The smallest absolute Gasteiger partial charge is 0.209 e. The normalized spacial score (nSPS) is 21.2. The van der Waals surface area contributed by atoms with Crippen molar-refractivity contribution in [2.75, 3.05) is 33.4 Å². The maximum absolute atomic E-state index is 11.0. The van der Waals surface area contributed by atoms with Gasteiger partial charge >= 0.3 is 0 Å². The molecule has 0 radical (unpaired) electrons. The van der Waals surface area contributed by atoms with Crippen LogP contribution in [-0.4, -0.2) is 55.6 Å². The molecule has 4 nitrogen and oxygen atoms in total. The third-order valence-electron chi connectivity index (χ3n) is 3.25. The Hall–Kier alpha value is -0.610. The Bertz CT molecular complexity index is 199. The summed E-state index contributed by atoms with van der Waals surface area (Å²) >= 11 is 0. The van der Waals surface area contributed by atoms with Crippen LogP contribution in [-0.2, 0) is 4.79 Å². The van der Waals surface area contributed by atoms with E-state index in [2.05, 4.69) is 17.1 Å². The summed E-state index contributed by atoms with van der Waals surface area (Å²) in [5, 5.41) is 3.16. The Morgan fingerprint density at radius 3 is 2.94 bits per heavy atom. The van der Waals surface area contributed by atoms with Gasteiger partial charge in [-0.1, -0.05) is 19.8 Å². The van der Waals surface area contributed by atoms with Crippen molar-refractivity contribution in [3.05, 3.63) is 0 Å². The molecular weight excluding hydrogens is 202 g/mol. The predicted molar refractivity (Wildman–Crippen MR) is 66.2 cm³/mol. The molecule has 0 bridgehead atoms. The molecule has 0 saturated carbocycles. The number of nitrogens with zero attached hydrogens (tertiary/aromatic N) is 2. The number of nitrogens with one attached hydrogen (secondary N) is 1. The molecule has 1 aliphatic heterocycles. The van der Waals surface area contributed by atoms with Gasteiger partial charge in [0.1, 0.15) is 0 Å². The first-order chi connectivity index (χ1) is 7.81. The molecule has 1 rings (SSSR count). The molecule has 0 aromatic rings. The van der Waals surface area contributed by atoms with E-state index in [0.29, 0.717) is 6.04 Å². The van der Waals surface area contributed by atoms with Crippen LogP contribution in [0.3, 0.4) is 0 Å². The molecule has 0 unspecified atom stereocenters. The topological polar surface area (TPSA) is 35.6 Å². The van der Waals surface area contributed by atoms with Gasteiger partial charge in [0, 0.05) is 32.3 Å². The van der Waals surface area contributed by atoms with Gasteiger partial charge in [0.15, 0.2) is 0 Å². The van der Waals surface area contributed by atoms with E-state index in [0.717, 1.165) is 45.6 Å². The van der Waals surface area contributed by atoms with Crippen molar-refractivity contribution < 1.29 is 4.79 Å².